The molecule has 4 bridgehead atoms. The molecular formula is C21H29NO8. The monoisotopic (exact) mass is 423 g/mol. The van der Waals surface area contributed by atoms with Crippen molar-refractivity contribution in [2.45, 2.75) is 88.6 Å². The van der Waals surface area contributed by atoms with Crippen LogP contribution in [0.2, 0.25) is 0 Å². The molecule has 0 spiro atoms. The number of hydrogen-bond donors (Lipinski definition) is 1. The van der Waals surface area contributed by atoms with Crippen LogP contribution in [0.5, 0.6) is 0 Å². The molecule has 9 heteroatoms. The Bertz CT molecular complexity index is 703. The van der Waals surface area contributed by atoms with E-state index in [9.17, 15) is 14.4 Å². The van der Waals surface area contributed by atoms with Crippen molar-refractivity contribution in [3.05, 3.63) is 0 Å². The van der Waals surface area contributed by atoms with E-state index in [0.29, 0.717) is 17.8 Å². The van der Waals surface area contributed by atoms with E-state index in [1.807, 2.05) is 0 Å². The second kappa shape index (κ2) is 7.37. The summed E-state index contributed by atoms with van der Waals surface area (Å²) in [6.07, 6.45) is 3.06. The van der Waals surface area contributed by atoms with E-state index in [0.717, 1.165) is 19.3 Å². The number of carbonyl (C=O) groups excluding carboxylic acids is 3. The standard InChI is InChI=1S/C21H29NO8/c1-10(23)26-9-15-17(27-11(2)24)18-16(22-20(25)29-18)19(28-15)30-21-6-12-3-13(7-21)5-14(4-12)8-21/h12-19H,3-9H2,1-2H3,(H,22,25)/t12?,13?,14?,15-,16+,17-,18-,19-,21?/m1/s1. The van der Waals surface area contributed by atoms with E-state index in [2.05, 4.69) is 5.32 Å². The number of ether oxygens (including phenoxy) is 5. The largest absolute Gasteiger partial charge is 0.463 e. The van der Waals surface area contributed by atoms with Gasteiger partial charge in [0.15, 0.2) is 18.5 Å². The molecule has 0 aromatic carbocycles. The van der Waals surface area contributed by atoms with Crippen LogP contribution in [0, 0.1) is 17.8 Å². The Labute approximate surface area is 175 Å². The second-order valence-corrected chi connectivity index (χ2v) is 9.68. The Morgan fingerprint density at radius 3 is 2.27 bits per heavy atom. The summed E-state index contributed by atoms with van der Waals surface area (Å²) in [4.78, 5) is 35.1. The van der Waals surface area contributed by atoms with Crippen molar-refractivity contribution in [1.82, 2.24) is 5.32 Å². The highest BCUT2D eigenvalue weighted by molar-refractivity contribution is 5.71. The Morgan fingerprint density at radius 2 is 1.70 bits per heavy atom. The molecule has 6 aliphatic rings. The summed E-state index contributed by atoms with van der Waals surface area (Å²) in [6.45, 7) is 2.46. The van der Waals surface area contributed by atoms with Gasteiger partial charge in [0, 0.05) is 13.8 Å². The molecule has 6 fully saturated rings. The molecule has 166 valence electrons. The molecule has 0 radical (unpaired) electrons. The van der Waals surface area contributed by atoms with Crippen molar-refractivity contribution in [3.8, 4) is 0 Å². The molecule has 0 aromatic rings. The minimum Gasteiger partial charge on any atom is -0.463 e. The number of alkyl carbamates (subject to hydrolysis) is 1. The van der Waals surface area contributed by atoms with Gasteiger partial charge in [-0.1, -0.05) is 0 Å². The van der Waals surface area contributed by atoms with Gasteiger partial charge in [0.2, 0.25) is 0 Å². The molecule has 5 atom stereocenters. The highest BCUT2D eigenvalue weighted by atomic mass is 16.7. The maximum absolute atomic E-state index is 12.1. The Kier molecular flexibility index (Phi) is 4.93. The SMILES string of the molecule is CC(=O)OC[C@H]1O[C@H](OC23CC4CC(CC(C4)C2)C3)[C@H]2NC(=O)O[C@H]2[C@@H]1OC(C)=O. The molecule has 2 aliphatic heterocycles. The van der Waals surface area contributed by atoms with Crippen LogP contribution in [0.3, 0.4) is 0 Å². The molecule has 0 unspecified atom stereocenters. The van der Waals surface area contributed by atoms with E-state index in [-0.39, 0.29) is 12.2 Å². The second-order valence-electron chi connectivity index (χ2n) is 9.68. The van der Waals surface area contributed by atoms with Crippen LogP contribution in [0.25, 0.3) is 0 Å². The van der Waals surface area contributed by atoms with Crippen molar-refractivity contribution >= 4 is 18.0 Å². The van der Waals surface area contributed by atoms with Crippen LogP contribution in [-0.4, -0.2) is 60.9 Å². The molecule has 2 heterocycles. The average Bonchev–Trinajstić information content (AvgIpc) is 3.02. The Hall–Kier alpha value is -1.87. The zero-order chi connectivity index (χ0) is 21.0. The molecule has 4 saturated carbocycles. The molecule has 1 N–H and O–H groups in total. The van der Waals surface area contributed by atoms with Crippen molar-refractivity contribution in [1.29, 1.82) is 0 Å². The quantitative estimate of drug-likeness (QED) is 0.525. The fraction of sp³-hybridized carbons (Fsp3) is 0.857. The fourth-order valence-corrected chi connectivity index (χ4v) is 6.68. The van der Waals surface area contributed by atoms with E-state index in [1.165, 1.54) is 33.1 Å². The van der Waals surface area contributed by atoms with E-state index < -0.39 is 48.7 Å². The van der Waals surface area contributed by atoms with E-state index >= 15 is 0 Å². The van der Waals surface area contributed by atoms with E-state index in [1.54, 1.807) is 0 Å². The van der Waals surface area contributed by atoms with Gasteiger partial charge < -0.3 is 29.0 Å². The van der Waals surface area contributed by atoms with Gasteiger partial charge in [0.1, 0.15) is 18.8 Å². The summed E-state index contributed by atoms with van der Waals surface area (Å²) in [5, 5.41) is 2.77. The number of hydrogen-bond acceptors (Lipinski definition) is 8. The molecular weight excluding hydrogens is 394 g/mol. The van der Waals surface area contributed by atoms with Gasteiger partial charge in [-0.05, 0) is 56.3 Å². The molecule has 1 amide bonds. The number of carbonyl (C=O) groups is 3. The van der Waals surface area contributed by atoms with Crippen LogP contribution in [0.1, 0.15) is 52.4 Å². The summed E-state index contributed by atoms with van der Waals surface area (Å²) >= 11 is 0. The third kappa shape index (κ3) is 3.66. The third-order valence-electron chi connectivity index (χ3n) is 7.28. The lowest BCUT2D eigenvalue weighted by atomic mass is 9.54. The summed E-state index contributed by atoms with van der Waals surface area (Å²) < 4.78 is 28.8. The maximum Gasteiger partial charge on any atom is 0.408 e. The zero-order valence-corrected chi connectivity index (χ0v) is 17.3. The molecule has 30 heavy (non-hydrogen) atoms. The Morgan fingerprint density at radius 1 is 1.07 bits per heavy atom. The predicted molar refractivity (Wildman–Crippen MR) is 100 cm³/mol. The summed E-state index contributed by atoms with van der Waals surface area (Å²) in [6, 6.07) is -0.594. The molecule has 2 saturated heterocycles. The number of esters is 2. The zero-order valence-electron chi connectivity index (χ0n) is 17.3. The van der Waals surface area contributed by atoms with Crippen LogP contribution < -0.4 is 5.32 Å². The number of rotatable bonds is 5. The lowest BCUT2D eigenvalue weighted by Crippen LogP contribution is -2.64. The van der Waals surface area contributed by atoms with Gasteiger partial charge in [-0.25, -0.2) is 4.79 Å². The minimum absolute atomic E-state index is 0.116. The van der Waals surface area contributed by atoms with Crippen LogP contribution >= 0.6 is 0 Å². The first-order valence-corrected chi connectivity index (χ1v) is 10.9. The molecule has 6 rings (SSSR count). The topological polar surface area (TPSA) is 109 Å². The van der Waals surface area contributed by atoms with Gasteiger partial charge in [-0.15, -0.1) is 0 Å². The predicted octanol–water partition coefficient (Wildman–Crippen LogP) is 1.67. The number of nitrogens with one attached hydrogen (secondary N) is 1. The van der Waals surface area contributed by atoms with E-state index in [4.69, 9.17) is 23.7 Å². The van der Waals surface area contributed by atoms with Crippen molar-refractivity contribution in [2.75, 3.05) is 6.61 Å². The maximum atomic E-state index is 12.1. The minimum atomic E-state index is -0.887. The van der Waals surface area contributed by atoms with Crippen LogP contribution in [0.4, 0.5) is 4.79 Å². The van der Waals surface area contributed by atoms with Crippen LogP contribution in [-0.2, 0) is 33.3 Å². The first kappa shape index (κ1) is 20.1. The van der Waals surface area contributed by atoms with Gasteiger partial charge in [-0.3, -0.25) is 9.59 Å². The van der Waals surface area contributed by atoms with Crippen molar-refractivity contribution in [3.63, 3.8) is 0 Å². The van der Waals surface area contributed by atoms with Gasteiger partial charge in [-0.2, -0.15) is 0 Å². The first-order chi connectivity index (χ1) is 14.3. The smallest absolute Gasteiger partial charge is 0.408 e. The fourth-order valence-electron chi connectivity index (χ4n) is 6.68. The van der Waals surface area contributed by atoms with Gasteiger partial charge in [0.05, 0.1) is 5.60 Å². The Balaban J connectivity index is 1.38. The highest BCUT2D eigenvalue weighted by Gasteiger charge is 2.59. The molecule has 4 aliphatic carbocycles. The van der Waals surface area contributed by atoms with Crippen molar-refractivity contribution in [2.24, 2.45) is 17.8 Å². The van der Waals surface area contributed by atoms with Gasteiger partial charge >= 0.3 is 18.0 Å². The lowest BCUT2D eigenvalue weighted by Gasteiger charge is -2.57. The third-order valence-corrected chi connectivity index (χ3v) is 7.28. The van der Waals surface area contributed by atoms with Crippen LogP contribution in [0.15, 0.2) is 0 Å². The number of fused-ring (bicyclic) bond motifs is 1. The lowest BCUT2D eigenvalue weighted by molar-refractivity contribution is -0.313. The van der Waals surface area contributed by atoms with Gasteiger partial charge in [0.25, 0.3) is 0 Å². The first-order valence-electron chi connectivity index (χ1n) is 10.9. The average molecular weight is 423 g/mol. The molecule has 0 aromatic heterocycles. The van der Waals surface area contributed by atoms with Crippen molar-refractivity contribution < 1.29 is 38.1 Å². The molecule has 9 nitrogen and oxygen atoms in total. The number of amides is 1. The normalized spacial score (nSPS) is 46.0. The summed E-state index contributed by atoms with van der Waals surface area (Å²) in [5.74, 6) is 1.07. The highest BCUT2D eigenvalue weighted by Crippen LogP contribution is 2.57. The summed E-state index contributed by atoms with van der Waals surface area (Å²) in [7, 11) is 0. The summed E-state index contributed by atoms with van der Waals surface area (Å²) in [5.41, 5.74) is -0.252.